The maximum Gasteiger partial charge on any atom is 0.140 e. The van der Waals surface area contributed by atoms with Crippen molar-refractivity contribution in [3.8, 4) is 0 Å². The van der Waals surface area contributed by atoms with Gasteiger partial charge in [-0.2, -0.15) is 0 Å². The average molecular weight is 222 g/mol. The molecule has 16 heavy (non-hydrogen) atoms. The summed E-state index contributed by atoms with van der Waals surface area (Å²) in [5.41, 5.74) is 0.904. The Bertz CT molecular complexity index is 329. The Labute approximate surface area is 96.7 Å². The van der Waals surface area contributed by atoms with Crippen LogP contribution in [0.4, 0.5) is 4.39 Å². The molecule has 0 amide bonds. The highest BCUT2D eigenvalue weighted by Crippen LogP contribution is 2.15. The lowest BCUT2D eigenvalue weighted by Gasteiger charge is -2.12. The van der Waals surface area contributed by atoms with Gasteiger partial charge in [-0.15, -0.1) is 0 Å². The summed E-state index contributed by atoms with van der Waals surface area (Å²) in [6, 6.07) is 6.19. The number of hydrogen-bond acceptors (Lipinski definition) is 1. The van der Waals surface area contributed by atoms with Crippen molar-refractivity contribution in [1.82, 2.24) is 0 Å². The molecule has 2 heteroatoms. The van der Waals surface area contributed by atoms with E-state index in [2.05, 4.69) is 6.92 Å². The zero-order chi connectivity index (χ0) is 12.0. The van der Waals surface area contributed by atoms with Crippen LogP contribution >= 0.6 is 0 Å². The van der Waals surface area contributed by atoms with Crippen LogP contribution in [0.1, 0.15) is 38.7 Å². The van der Waals surface area contributed by atoms with Gasteiger partial charge in [-0.3, -0.25) is 4.79 Å². The third-order valence-electron chi connectivity index (χ3n) is 2.88. The van der Waals surface area contributed by atoms with E-state index in [-0.39, 0.29) is 17.5 Å². The van der Waals surface area contributed by atoms with Crippen LogP contribution in [-0.4, -0.2) is 5.78 Å². The molecule has 1 rings (SSSR count). The number of halogens is 1. The van der Waals surface area contributed by atoms with Crippen molar-refractivity contribution in [1.29, 1.82) is 0 Å². The van der Waals surface area contributed by atoms with E-state index in [9.17, 15) is 9.18 Å². The van der Waals surface area contributed by atoms with Gasteiger partial charge in [0, 0.05) is 12.3 Å². The number of carbonyl (C=O) groups excluding carboxylic acids is 1. The highest BCUT2D eigenvalue weighted by atomic mass is 19.1. The van der Waals surface area contributed by atoms with Crippen molar-refractivity contribution >= 4 is 5.78 Å². The smallest absolute Gasteiger partial charge is 0.140 e. The molecule has 0 aliphatic carbocycles. The van der Waals surface area contributed by atoms with Gasteiger partial charge in [0.15, 0.2) is 0 Å². The quantitative estimate of drug-likeness (QED) is 0.716. The predicted octanol–water partition coefficient (Wildman–Crippen LogP) is 3.76. The molecule has 0 saturated carbocycles. The van der Waals surface area contributed by atoms with Crippen molar-refractivity contribution in [2.45, 2.75) is 39.5 Å². The summed E-state index contributed by atoms with van der Waals surface area (Å²) in [5, 5.41) is 0. The van der Waals surface area contributed by atoms with E-state index < -0.39 is 0 Å². The van der Waals surface area contributed by atoms with Crippen molar-refractivity contribution in [3.05, 3.63) is 35.6 Å². The largest absolute Gasteiger partial charge is 0.299 e. The van der Waals surface area contributed by atoms with Gasteiger partial charge < -0.3 is 0 Å². The van der Waals surface area contributed by atoms with Gasteiger partial charge in [-0.1, -0.05) is 32.4 Å². The molecule has 0 aromatic heterocycles. The number of hydrogen-bond donors (Lipinski definition) is 0. The number of rotatable bonds is 6. The molecule has 0 aliphatic heterocycles. The summed E-state index contributed by atoms with van der Waals surface area (Å²) in [6.45, 7) is 4.14. The van der Waals surface area contributed by atoms with Gasteiger partial charge in [0.05, 0.1) is 0 Å². The average Bonchev–Trinajstić information content (AvgIpc) is 2.29. The second-order valence-electron chi connectivity index (χ2n) is 4.16. The Hall–Kier alpha value is -1.18. The molecule has 0 heterocycles. The van der Waals surface area contributed by atoms with Crippen LogP contribution in [0, 0.1) is 11.7 Å². The minimum atomic E-state index is -0.253. The van der Waals surface area contributed by atoms with Gasteiger partial charge in [-0.05, 0) is 30.5 Å². The van der Waals surface area contributed by atoms with Gasteiger partial charge in [0.2, 0.25) is 0 Å². The number of Topliss-reactive ketones (excluding diaryl/α,β-unsaturated/α-hetero) is 1. The lowest BCUT2D eigenvalue weighted by molar-refractivity contribution is -0.122. The topological polar surface area (TPSA) is 17.1 Å². The SMILES string of the molecule is CCCC(CC)C(=O)Cc1ccc(F)cc1. The summed E-state index contributed by atoms with van der Waals surface area (Å²) in [7, 11) is 0. The summed E-state index contributed by atoms with van der Waals surface area (Å²) < 4.78 is 12.7. The minimum absolute atomic E-state index is 0.162. The van der Waals surface area contributed by atoms with Crippen molar-refractivity contribution < 1.29 is 9.18 Å². The van der Waals surface area contributed by atoms with Crippen LogP contribution in [0.2, 0.25) is 0 Å². The van der Waals surface area contributed by atoms with E-state index in [4.69, 9.17) is 0 Å². The van der Waals surface area contributed by atoms with Gasteiger partial charge >= 0.3 is 0 Å². The lowest BCUT2D eigenvalue weighted by Crippen LogP contribution is -2.15. The molecule has 1 aromatic rings. The maximum absolute atomic E-state index is 12.7. The Morgan fingerprint density at radius 2 is 1.88 bits per heavy atom. The van der Waals surface area contributed by atoms with Gasteiger partial charge in [-0.25, -0.2) is 4.39 Å². The maximum atomic E-state index is 12.7. The first-order valence-corrected chi connectivity index (χ1v) is 5.94. The molecule has 0 aliphatic rings. The molecule has 0 N–H and O–H groups in total. The van der Waals surface area contributed by atoms with Crippen molar-refractivity contribution in [3.63, 3.8) is 0 Å². The van der Waals surface area contributed by atoms with E-state index in [1.54, 1.807) is 12.1 Å². The molecule has 0 bridgehead atoms. The van der Waals surface area contributed by atoms with Crippen LogP contribution in [-0.2, 0) is 11.2 Å². The Kier molecular flexibility index (Phi) is 5.17. The van der Waals surface area contributed by atoms with E-state index in [1.165, 1.54) is 12.1 Å². The van der Waals surface area contributed by atoms with Crippen LogP contribution in [0.3, 0.4) is 0 Å². The third-order valence-corrected chi connectivity index (χ3v) is 2.88. The molecule has 0 fully saturated rings. The highest BCUT2D eigenvalue weighted by molar-refractivity contribution is 5.83. The van der Waals surface area contributed by atoms with Crippen molar-refractivity contribution in [2.75, 3.05) is 0 Å². The molecule has 1 aromatic carbocycles. The lowest BCUT2D eigenvalue weighted by atomic mass is 9.92. The number of carbonyl (C=O) groups is 1. The number of ketones is 1. The van der Waals surface area contributed by atoms with Crippen LogP contribution in [0.5, 0.6) is 0 Å². The van der Waals surface area contributed by atoms with Gasteiger partial charge in [0.25, 0.3) is 0 Å². The summed E-state index contributed by atoms with van der Waals surface area (Å²) in [4.78, 5) is 11.9. The number of benzene rings is 1. The molecule has 1 unspecified atom stereocenters. The van der Waals surface area contributed by atoms with Crippen LogP contribution < -0.4 is 0 Å². The van der Waals surface area contributed by atoms with Crippen LogP contribution in [0.15, 0.2) is 24.3 Å². The molecule has 1 atom stereocenters. The second-order valence-corrected chi connectivity index (χ2v) is 4.16. The molecule has 0 spiro atoms. The predicted molar refractivity (Wildman–Crippen MR) is 63.8 cm³/mol. The highest BCUT2D eigenvalue weighted by Gasteiger charge is 2.15. The standard InChI is InChI=1S/C14H19FO/c1-3-5-12(4-2)14(16)10-11-6-8-13(15)9-7-11/h6-9,12H,3-5,10H2,1-2H3. The first-order valence-electron chi connectivity index (χ1n) is 5.94. The van der Waals surface area contributed by atoms with E-state index in [1.807, 2.05) is 6.92 Å². The molecular weight excluding hydrogens is 203 g/mol. The molecule has 0 radical (unpaired) electrons. The third kappa shape index (κ3) is 3.76. The van der Waals surface area contributed by atoms with E-state index in [0.29, 0.717) is 6.42 Å². The summed E-state index contributed by atoms with van der Waals surface area (Å²) in [5.74, 6) is 0.183. The Morgan fingerprint density at radius 3 is 2.38 bits per heavy atom. The van der Waals surface area contributed by atoms with Crippen LogP contribution in [0.25, 0.3) is 0 Å². The van der Waals surface area contributed by atoms with E-state index >= 15 is 0 Å². The Balaban J connectivity index is 2.59. The first kappa shape index (κ1) is 12.9. The van der Waals surface area contributed by atoms with E-state index in [0.717, 1.165) is 24.8 Å². The normalized spacial score (nSPS) is 12.4. The second kappa shape index (κ2) is 6.41. The fraction of sp³-hybridized carbons (Fsp3) is 0.500. The Morgan fingerprint density at radius 1 is 1.25 bits per heavy atom. The molecule has 0 saturated heterocycles. The minimum Gasteiger partial charge on any atom is -0.299 e. The molecule has 88 valence electrons. The zero-order valence-electron chi connectivity index (χ0n) is 10.0. The first-order chi connectivity index (χ1) is 7.67. The summed E-state index contributed by atoms with van der Waals surface area (Å²) >= 11 is 0. The zero-order valence-corrected chi connectivity index (χ0v) is 10.0. The van der Waals surface area contributed by atoms with Gasteiger partial charge in [0.1, 0.15) is 11.6 Å². The monoisotopic (exact) mass is 222 g/mol. The molecular formula is C14H19FO. The fourth-order valence-electron chi connectivity index (χ4n) is 1.89. The summed E-state index contributed by atoms with van der Waals surface area (Å²) in [6.07, 6.45) is 3.32. The van der Waals surface area contributed by atoms with Crippen molar-refractivity contribution in [2.24, 2.45) is 5.92 Å². The molecule has 1 nitrogen and oxygen atoms in total. The fourth-order valence-corrected chi connectivity index (χ4v) is 1.89.